The van der Waals surface area contributed by atoms with E-state index >= 15 is 0 Å². The molecule has 122 valence electrons. The molecule has 1 atom stereocenters. The summed E-state index contributed by atoms with van der Waals surface area (Å²) in [6.45, 7) is 8.00. The molecule has 0 spiro atoms. The van der Waals surface area contributed by atoms with E-state index in [2.05, 4.69) is 29.5 Å². The molecule has 1 heterocycles. The lowest BCUT2D eigenvalue weighted by Crippen LogP contribution is -2.39. The maximum Gasteiger partial charge on any atom is 0.323 e. The van der Waals surface area contributed by atoms with Gasteiger partial charge >= 0.3 is 6.03 Å². The number of amides is 2. The summed E-state index contributed by atoms with van der Waals surface area (Å²) in [7, 11) is 0. The average molecular weight is 313 g/mol. The van der Waals surface area contributed by atoms with Crippen LogP contribution in [-0.2, 0) is 0 Å². The standard InChI is InChI=1S/C18H23N3O2/c1-12(2)15-5-7-16(8-6-15)23-14(4)20-18(22)21-17-11-13(3)9-10-19-17/h5-12,14H,1-4H3,(H2,19,20,21,22). The topological polar surface area (TPSA) is 63.2 Å². The van der Waals surface area contributed by atoms with Crippen molar-refractivity contribution in [3.05, 3.63) is 53.7 Å². The van der Waals surface area contributed by atoms with Crippen molar-refractivity contribution in [2.45, 2.75) is 39.8 Å². The Morgan fingerprint density at radius 1 is 1.13 bits per heavy atom. The number of carbonyl (C=O) groups excluding carboxylic acids is 1. The summed E-state index contributed by atoms with van der Waals surface area (Å²) in [5.41, 5.74) is 2.28. The Morgan fingerprint density at radius 2 is 1.83 bits per heavy atom. The highest BCUT2D eigenvalue weighted by Crippen LogP contribution is 2.19. The Hall–Kier alpha value is -2.56. The van der Waals surface area contributed by atoms with Gasteiger partial charge in [-0.2, -0.15) is 0 Å². The van der Waals surface area contributed by atoms with Crippen molar-refractivity contribution in [3.63, 3.8) is 0 Å². The molecule has 5 nitrogen and oxygen atoms in total. The molecule has 0 saturated heterocycles. The van der Waals surface area contributed by atoms with Crippen LogP contribution in [0.3, 0.4) is 0 Å². The van der Waals surface area contributed by atoms with E-state index in [-0.39, 0.29) is 6.03 Å². The normalized spacial score (nSPS) is 11.9. The molecule has 1 aromatic carbocycles. The van der Waals surface area contributed by atoms with E-state index in [1.807, 2.05) is 37.3 Å². The highest BCUT2D eigenvalue weighted by atomic mass is 16.5. The summed E-state index contributed by atoms with van der Waals surface area (Å²) in [4.78, 5) is 16.0. The van der Waals surface area contributed by atoms with Gasteiger partial charge in [-0.3, -0.25) is 5.32 Å². The van der Waals surface area contributed by atoms with Crippen LogP contribution in [0.4, 0.5) is 10.6 Å². The van der Waals surface area contributed by atoms with E-state index in [0.717, 1.165) is 11.3 Å². The molecule has 0 bridgehead atoms. The summed E-state index contributed by atoms with van der Waals surface area (Å²) >= 11 is 0. The van der Waals surface area contributed by atoms with E-state index in [9.17, 15) is 4.79 Å². The second-order valence-corrected chi connectivity index (χ2v) is 5.80. The van der Waals surface area contributed by atoms with Gasteiger partial charge in [-0.15, -0.1) is 0 Å². The van der Waals surface area contributed by atoms with Gasteiger partial charge in [-0.05, 0) is 55.2 Å². The third-order valence-electron chi connectivity index (χ3n) is 3.35. The molecule has 0 aliphatic carbocycles. The number of anilines is 1. The van der Waals surface area contributed by atoms with E-state index < -0.39 is 6.23 Å². The van der Waals surface area contributed by atoms with Crippen LogP contribution in [0.1, 0.15) is 37.8 Å². The van der Waals surface area contributed by atoms with Gasteiger partial charge in [0, 0.05) is 6.20 Å². The molecule has 23 heavy (non-hydrogen) atoms. The third-order valence-corrected chi connectivity index (χ3v) is 3.35. The van der Waals surface area contributed by atoms with Crippen molar-refractivity contribution in [2.24, 2.45) is 0 Å². The van der Waals surface area contributed by atoms with Crippen molar-refractivity contribution in [1.82, 2.24) is 10.3 Å². The maximum absolute atomic E-state index is 11.9. The van der Waals surface area contributed by atoms with Crippen molar-refractivity contribution in [3.8, 4) is 5.75 Å². The van der Waals surface area contributed by atoms with Gasteiger partial charge in [0.05, 0.1) is 0 Å². The van der Waals surface area contributed by atoms with Crippen LogP contribution in [-0.4, -0.2) is 17.2 Å². The number of nitrogens with one attached hydrogen (secondary N) is 2. The molecular weight excluding hydrogens is 290 g/mol. The van der Waals surface area contributed by atoms with Crippen LogP contribution in [0, 0.1) is 6.92 Å². The molecule has 5 heteroatoms. The minimum absolute atomic E-state index is 0.352. The van der Waals surface area contributed by atoms with Gasteiger partial charge in [-0.1, -0.05) is 26.0 Å². The van der Waals surface area contributed by atoms with Crippen molar-refractivity contribution in [1.29, 1.82) is 0 Å². The Labute approximate surface area is 137 Å². The Kier molecular flexibility index (Phi) is 5.57. The second kappa shape index (κ2) is 7.63. The minimum atomic E-state index is -0.454. The number of aryl methyl sites for hydroxylation is 1. The first-order chi connectivity index (χ1) is 10.9. The van der Waals surface area contributed by atoms with Gasteiger partial charge in [0.25, 0.3) is 0 Å². The number of hydrogen-bond donors (Lipinski definition) is 2. The second-order valence-electron chi connectivity index (χ2n) is 5.80. The quantitative estimate of drug-likeness (QED) is 0.818. The zero-order valence-corrected chi connectivity index (χ0v) is 14.0. The Bertz CT molecular complexity index is 654. The molecular formula is C18H23N3O2. The summed E-state index contributed by atoms with van der Waals surface area (Å²) in [6.07, 6.45) is 1.20. The minimum Gasteiger partial charge on any atom is -0.471 e. The molecule has 0 fully saturated rings. The number of carbonyl (C=O) groups is 1. The molecule has 0 saturated carbocycles. The molecule has 2 rings (SSSR count). The van der Waals surface area contributed by atoms with E-state index in [1.165, 1.54) is 5.56 Å². The first-order valence-corrected chi connectivity index (χ1v) is 7.71. The Morgan fingerprint density at radius 3 is 2.43 bits per heavy atom. The summed E-state index contributed by atoms with van der Waals surface area (Å²) in [6, 6.07) is 11.2. The Balaban J connectivity index is 1.86. The van der Waals surface area contributed by atoms with Crippen LogP contribution < -0.4 is 15.4 Å². The summed E-state index contributed by atoms with van der Waals surface area (Å²) in [5.74, 6) is 1.71. The number of hydrogen-bond acceptors (Lipinski definition) is 3. The van der Waals surface area contributed by atoms with Crippen LogP contribution in [0.2, 0.25) is 0 Å². The smallest absolute Gasteiger partial charge is 0.323 e. The fourth-order valence-corrected chi connectivity index (χ4v) is 2.11. The van der Waals surface area contributed by atoms with Crippen LogP contribution in [0.5, 0.6) is 5.75 Å². The molecule has 2 aromatic rings. The van der Waals surface area contributed by atoms with Crippen molar-refractivity contribution < 1.29 is 9.53 Å². The number of ether oxygens (including phenoxy) is 1. The molecule has 0 aliphatic rings. The third kappa shape index (κ3) is 5.29. The molecule has 2 amide bonds. The number of urea groups is 1. The lowest BCUT2D eigenvalue weighted by Gasteiger charge is -2.17. The number of nitrogens with zero attached hydrogens (tertiary/aromatic N) is 1. The number of benzene rings is 1. The van der Waals surface area contributed by atoms with E-state index in [4.69, 9.17) is 4.74 Å². The predicted octanol–water partition coefficient (Wildman–Crippen LogP) is 4.06. The SMILES string of the molecule is Cc1ccnc(NC(=O)NC(C)Oc2ccc(C(C)C)cc2)c1. The number of aromatic nitrogens is 1. The highest BCUT2D eigenvalue weighted by Gasteiger charge is 2.09. The first-order valence-electron chi connectivity index (χ1n) is 7.71. The molecule has 2 N–H and O–H groups in total. The zero-order chi connectivity index (χ0) is 16.8. The fraction of sp³-hybridized carbons (Fsp3) is 0.333. The van der Waals surface area contributed by atoms with Crippen LogP contribution >= 0.6 is 0 Å². The van der Waals surface area contributed by atoms with Gasteiger partial charge in [-0.25, -0.2) is 9.78 Å². The maximum atomic E-state index is 11.9. The van der Waals surface area contributed by atoms with Gasteiger partial charge in [0.15, 0.2) is 6.23 Å². The highest BCUT2D eigenvalue weighted by molar-refractivity contribution is 5.88. The first kappa shape index (κ1) is 16.8. The summed E-state index contributed by atoms with van der Waals surface area (Å²) < 4.78 is 5.69. The van der Waals surface area contributed by atoms with E-state index in [1.54, 1.807) is 19.2 Å². The predicted molar refractivity (Wildman–Crippen MR) is 91.7 cm³/mol. The molecule has 1 aromatic heterocycles. The van der Waals surface area contributed by atoms with Crippen molar-refractivity contribution in [2.75, 3.05) is 5.32 Å². The number of rotatable bonds is 5. The van der Waals surface area contributed by atoms with Crippen LogP contribution in [0.15, 0.2) is 42.6 Å². The molecule has 0 radical (unpaired) electrons. The lowest BCUT2D eigenvalue weighted by atomic mass is 10.0. The average Bonchev–Trinajstić information content (AvgIpc) is 2.47. The molecule has 1 unspecified atom stereocenters. The molecule has 0 aliphatic heterocycles. The van der Waals surface area contributed by atoms with Gasteiger partial charge in [0.2, 0.25) is 0 Å². The number of pyridine rings is 1. The zero-order valence-electron chi connectivity index (χ0n) is 14.0. The largest absolute Gasteiger partial charge is 0.471 e. The van der Waals surface area contributed by atoms with E-state index in [0.29, 0.717) is 11.7 Å². The summed E-state index contributed by atoms with van der Waals surface area (Å²) in [5, 5.41) is 5.40. The fourth-order valence-electron chi connectivity index (χ4n) is 2.11. The monoisotopic (exact) mass is 313 g/mol. The van der Waals surface area contributed by atoms with Gasteiger partial charge in [0.1, 0.15) is 11.6 Å². The van der Waals surface area contributed by atoms with Crippen LogP contribution in [0.25, 0.3) is 0 Å². The van der Waals surface area contributed by atoms with Crippen molar-refractivity contribution >= 4 is 11.8 Å². The lowest BCUT2D eigenvalue weighted by molar-refractivity contribution is 0.183. The van der Waals surface area contributed by atoms with Gasteiger partial charge < -0.3 is 10.1 Å².